The molecule has 0 aliphatic heterocycles. The molecular formula is C12H25N3S. The van der Waals surface area contributed by atoms with Gasteiger partial charge in [0.05, 0.1) is 4.99 Å². The van der Waals surface area contributed by atoms with Crippen LogP contribution in [-0.2, 0) is 0 Å². The number of nitrogens with zero attached hydrogens (tertiary/aromatic N) is 2. The van der Waals surface area contributed by atoms with Gasteiger partial charge >= 0.3 is 0 Å². The molecule has 1 saturated carbocycles. The third kappa shape index (κ3) is 5.23. The van der Waals surface area contributed by atoms with Gasteiger partial charge in [-0.15, -0.1) is 0 Å². The van der Waals surface area contributed by atoms with Crippen molar-refractivity contribution in [2.24, 2.45) is 5.73 Å². The van der Waals surface area contributed by atoms with E-state index in [4.69, 9.17) is 18.0 Å². The Morgan fingerprint density at radius 2 is 1.88 bits per heavy atom. The third-order valence-electron chi connectivity index (χ3n) is 3.25. The Hall–Kier alpha value is -0.190. The standard InChI is InChI=1S/C12H25N3S/c1-14(2)8-5-9-15(10-12(13)16)11-6-3-4-7-11/h11H,3-10H2,1-2H3,(H2,13,16). The summed E-state index contributed by atoms with van der Waals surface area (Å²) in [6.07, 6.45) is 6.58. The quantitative estimate of drug-likeness (QED) is 0.686. The summed E-state index contributed by atoms with van der Waals surface area (Å²) in [5, 5.41) is 0. The van der Waals surface area contributed by atoms with Gasteiger partial charge in [0, 0.05) is 19.1 Å². The zero-order valence-corrected chi connectivity index (χ0v) is 11.4. The van der Waals surface area contributed by atoms with Crippen LogP contribution in [0.1, 0.15) is 32.1 Å². The molecular weight excluding hydrogens is 218 g/mol. The second-order valence-corrected chi connectivity index (χ2v) is 5.56. The fourth-order valence-electron chi connectivity index (χ4n) is 2.45. The first-order chi connectivity index (χ1) is 7.59. The number of nitrogens with two attached hydrogens (primary N) is 1. The highest BCUT2D eigenvalue weighted by Gasteiger charge is 2.22. The monoisotopic (exact) mass is 243 g/mol. The van der Waals surface area contributed by atoms with E-state index in [0.29, 0.717) is 4.99 Å². The van der Waals surface area contributed by atoms with E-state index >= 15 is 0 Å². The van der Waals surface area contributed by atoms with Crippen LogP contribution in [0.4, 0.5) is 0 Å². The van der Waals surface area contributed by atoms with Gasteiger partial charge < -0.3 is 10.6 Å². The first-order valence-corrected chi connectivity index (χ1v) is 6.67. The largest absolute Gasteiger partial charge is 0.392 e. The molecule has 0 bridgehead atoms. The molecule has 2 N–H and O–H groups in total. The summed E-state index contributed by atoms with van der Waals surface area (Å²) in [4.78, 5) is 5.35. The molecule has 0 spiro atoms. The Labute approximate surface area is 105 Å². The fraction of sp³-hybridized carbons (Fsp3) is 0.917. The van der Waals surface area contributed by atoms with E-state index in [2.05, 4.69) is 23.9 Å². The lowest BCUT2D eigenvalue weighted by molar-refractivity contribution is 0.215. The van der Waals surface area contributed by atoms with Gasteiger partial charge in [-0.05, 0) is 39.9 Å². The molecule has 94 valence electrons. The molecule has 0 aromatic rings. The van der Waals surface area contributed by atoms with Gasteiger partial charge in [0.15, 0.2) is 0 Å². The highest BCUT2D eigenvalue weighted by molar-refractivity contribution is 7.80. The summed E-state index contributed by atoms with van der Waals surface area (Å²) in [6, 6.07) is 0.726. The Morgan fingerprint density at radius 3 is 2.38 bits per heavy atom. The van der Waals surface area contributed by atoms with Gasteiger partial charge in [-0.3, -0.25) is 4.90 Å². The highest BCUT2D eigenvalue weighted by Crippen LogP contribution is 2.23. The predicted octanol–water partition coefficient (Wildman–Crippen LogP) is 1.47. The SMILES string of the molecule is CN(C)CCCN(CC(N)=S)C1CCCC1. The molecule has 0 aromatic heterocycles. The van der Waals surface area contributed by atoms with Gasteiger partial charge in [-0.2, -0.15) is 0 Å². The van der Waals surface area contributed by atoms with Crippen LogP contribution in [-0.4, -0.2) is 54.6 Å². The second kappa shape index (κ2) is 7.20. The number of rotatable bonds is 7. The Balaban J connectivity index is 2.34. The van der Waals surface area contributed by atoms with E-state index < -0.39 is 0 Å². The van der Waals surface area contributed by atoms with Crippen molar-refractivity contribution < 1.29 is 0 Å². The minimum absolute atomic E-state index is 0.636. The zero-order chi connectivity index (χ0) is 12.0. The maximum absolute atomic E-state index is 5.67. The molecule has 0 radical (unpaired) electrons. The summed E-state index contributed by atoms with van der Waals surface area (Å²) in [6.45, 7) is 3.06. The van der Waals surface area contributed by atoms with Crippen LogP contribution < -0.4 is 5.73 Å². The first kappa shape index (κ1) is 13.9. The van der Waals surface area contributed by atoms with E-state index in [0.717, 1.165) is 25.7 Å². The van der Waals surface area contributed by atoms with Crippen molar-refractivity contribution in [1.29, 1.82) is 0 Å². The van der Waals surface area contributed by atoms with Crippen molar-refractivity contribution in [3.8, 4) is 0 Å². The molecule has 1 aliphatic rings. The minimum Gasteiger partial charge on any atom is -0.392 e. The van der Waals surface area contributed by atoms with Crippen LogP contribution in [0.3, 0.4) is 0 Å². The van der Waals surface area contributed by atoms with Crippen LogP contribution in [0.15, 0.2) is 0 Å². The van der Waals surface area contributed by atoms with Gasteiger partial charge in [0.1, 0.15) is 0 Å². The van der Waals surface area contributed by atoms with Crippen molar-refractivity contribution in [2.75, 3.05) is 33.7 Å². The summed E-state index contributed by atoms with van der Waals surface area (Å²) in [5.41, 5.74) is 5.67. The lowest BCUT2D eigenvalue weighted by Gasteiger charge is -2.28. The fourth-order valence-corrected chi connectivity index (χ4v) is 2.62. The molecule has 0 atom stereocenters. The van der Waals surface area contributed by atoms with E-state index in [1.54, 1.807) is 0 Å². The average molecular weight is 243 g/mol. The van der Waals surface area contributed by atoms with Crippen LogP contribution in [0.5, 0.6) is 0 Å². The summed E-state index contributed by atoms with van der Waals surface area (Å²) in [5.74, 6) is 0. The molecule has 1 rings (SSSR count). The molecule has 0 saturated heterocycles. The lowest BCUT2D eigenvalue weighted by atomic mass is 10.2. The molecule has 0 amide bonds. The molecule has 1 aliphatic carbocycles. The number of hydrogen-bond donors (Lipinski definition) is 1. The van der Waals surface area contributed by atoms with Crippen LogP contribution in [0.25, 0.3) is 0 Å². The smallest absolute Gasteiger partial charge is 0.0870 e. The summed E-state index contributed by atoms with van der Waals surface area (Å²) >= 11 is 5.03. The van der Waals surface area contributed by atoms with Crippen molar-refractivity contribution in [3.63, 3.8) is 0 Å². The minimum atomic E-state index is 0.636. The summed E-state index contributed by atoms with van der Waals surface area (Å²) < 4.78 is 0. The Bertz CT molecular complexity index is 212. The van der Waals surface area contributed by atoms with Gasteiger partial charge in [0.25, 0.3) is 0 Å². The van der Waals surface area contributed by atoms with Crippen molar-refractivity contribution in [2.45, 2.75) is 38.1 Å². The topological polar surface area (TPSA) is 32.5 Å². The van der Waals surface area contributed by atoms with E-state index in [-0.39, 0.29) is 0 Å². The molecule has 4 heteroatoms. The van der Waals surface area contributed by atoms with Crippen LogP contribution >= 0.6 is 12.2 Å². The third-order valence-corrected chi connectivity index (χ3v) is 3.38. The Morgan fingerprint density at radius 1 is 1.25 bits per heavy atom. The van der Waals surface area contributed by atoms with E-state index in [9.17, 15) is 0 Å². The average Bonchev–Trinajstić information content (AvgIpc) is 2.67. The van der Waals surface area contributed by atoms with E-state index in [1.165, 1.54) is 32.1 Å². The molecule has 0 unspecified atom stereocenters. The molecule has 16 heavy (non-hydrogen) atoms. The van der Waals surface area contributed by atoms with Crippen molar-refractivity contribution in [1.82, 2.24) is 9.80 Å². The van der Waals surface area contributed by atoms with Gasteiger partial charge in [0.2, 0.25) is 0 Å². The summed E-state index contributed by atoms with van der Waals surface area (Å²) in [7, 11) is 4.24. The van der Waals surface area contributed by atoms with Crippen molar-refractivity contribution >= 4 is 17.2 Å². The Kier molecular flexibility index (Phi) is 6.24. The first-order valence-electron chi connectivity index (χ1n) is 6.26. The second-order valence-electron chi connectivity index (χ2n) is 5.03. The molecule has 3 nitrogen and oxygen atoms in total. The maximum atomic E-state index is 5.67. The molecule has 0 heterocycles. The molecule has 0 aromatic carbocycles. The van der Waals surface area contributed by atoms with Gasteiger partial charge in [-0.1, -0.05) is 25.1 Å². The molecule has 1 fully saturated rings. The van der Waals surface area contributed by atoms with Crippen LogP contribution in [0, 0.1) is 0 Å². The van der Waals surface area contributed by atoms with Crippen LogP contribution in [0.2, 0.25) is 0 Å². The van der Waals surface area contributed by atoms with Gasteiger partial charge in [-0.25, -0.2) is 0 Å². The normalized spacial score (nSPS) is 17.5. The lowest BCUT2D eigenvalue weighted by Crippen LogP contribution is -2.40. The zero-order valence-electron chi connectivity index (χ0n) is 10.6. The van der Waals surface area contributed by atoms with E-state index in [1.807, 2.05) is 0 Å². The highest BCUT2D eigenvalue weighted by atomic mass is 32.1. The maximum Gasteiger partial charge on any atom is 0.0870 e. The number of hydrogen-bond acceptors (Lipinski definition) is 3. The predicted molar refractivity (Wildman–Crippen MR) is 73.8 cm³/mol. The van der Waals surface area contributed by atoms with Crippen molar-refractivity contribution in [3.05, 3.63) is 0 Å². The number of thiocarbonyl (C=S) groups is 1.